The molecule has 1 saturated carbocycles. The minimum Gasteiger partial charge on any atom is -0.212 e. The van der Waals surface area contributed by atoms with Gasteiger partial charge in [-0.15, -0.1) is 0 Å². The lowest BCUT2D eigenvalue weighted by molar-refractivity contribution is -0.184. The van der Waals surface area contributed by atoms with E-state index >= 15 is 0 Å². The molecule has 3 unspecified atom stereocenters. The van der Waals surface area contributed by atoms with Crippen molar-refractivity contribution in [2.24, 2.45) is 17.8 Å². The molecule has 0 heterocycles. The number of hydrogen-bond acceptors (Lipinski definition) is 2. The summed E-state index contributed by atoms with van der Waals surface area (Å²) in [4.78, 5) is 0. The molecular weight excluding hydrogens is 277 g/mol. The molecule has 17 heavy (non-hydrogen) atoms. The number of rotatable bonds is 2. The molecule has 1 aliphatic rings. The van der Waals surface area contributed by atoms with Crippen LogP contribution in [0.2, 0.25) is 0 Å². The Bertz CT molecular complexity index is 364. The standard InChI is InChI=1S/C10H16ClF3O2S/c1-6(2)8-4-3-7(10(12,13)14)5-9(8)17(11,15)16/h6-9H,3-5H2,1-2H3. The van der Waals surface area contributed by atoms with Gasteiger partial charge in [0, 0.05) is 10.7 Å². The van der Waals surface area contributed by atoms with Crippen molar-refractivity contribution in [1.29, 1.82) is 0 Å². The van der Waals surface area contributed by atoms with Crippen molar-refractivity contribution in [3.8, 4) is 0 Å². The number of halogens is 4. The van der Waals surface area contributed by atoms with Gasteiger partial charge in [-0.25, -0.2) is 8.42 Å². The molecule has 1 rings (SSSR count). The fourth-order valence-corrected chi connectivity index (χ4v) is 4.48. The molecule has 0 saturated heterocycles. The van der Waals surface area contributed by atoms with E-state index in [0.717, 1.165) is 0 Å². The van der Waals surface area contributed by atoms with Crippen LogP contribution in [0.3, 0.4) is 0 Å². The molecule has 0 bridgehead atoms. The first kappa shape index (κ1) is 15.1. The summed E-state index contributed by atoms with van der Waals surface area (Å²) in [5, 5.41) is -1.08. The fraction of sp³-hybridized carbons (Fsp3) is 1.00. The monoisotopic (exact) mass is 292 g/mol. The van der Waals surface area contributed by atoms with E-state index in [9.17, 15) is 21.6 Å². The third kappa shape index (κ3) is 3.74. The molecule has 1 aliphatic carbocycles. The van der Waals surface area contributed by atoms with Crippen LogP contribution < -0.4 is 0 Å². The van der Waals surface area contributed by atoms with Gasteiger partial charge in [-0.1, -0.05) is 13.8 Å². The highest BCUT2D eigenvalue weighted by molar-refractivity contribution is 8.14. The lowest BCUT2D eigenvalue weighted by Crippen LogP contribution is -2.41. The molecule has 1 fully saturated rings. The third-order valence-corrected chi connectivity index (χ3v) is 5.48. The Kier molecular flexibility index (Phi) is 4.40. The van der Waals surface area contributed by atoms with Gasteiger partial charge in [-0.2, -0.15) is 13.2 Å². The first-order chi connectivity index (χ1) is 7.53. The Morgan fingerprint density at radius 2 is 1.76 bits per heavy atom. The van der Waals surface area contributed by atoms with Gasteiger partial charge < -0.3 is 0 Å². The molecular formula is C10H16ClF3O2S. The van der Waals surface area contributed by atoms with Crippen LogP contribution in [0, 0.1) is 17.8 Å². The largest absolute Gasteiger partial charge is 0.391 e. The van der Waals surface area contributed by atoms with Gasteiger partial charge in [0.15, 0.2) is 0 Å². The van der Waals surface area contributed by atoms with E-state index < -0.39 is 32.8 Å². The molecule has 102 valence electrons. The van der Waals surface area contributed by atoms with Crippen molar-refractivity contribution in [2.45, 2.75) is 44.5 Å². The van der Waals surface area contributed by atoms with Crippen LogP contribution in [0.25, 0.3) is 0 Å². The van der Waals surface area contributed by atoms with Gasteiger partial charge in [0.1, 0.15) is 0 Å². The Morgan fingerprint density at radius 1 is 1.24 bits per heavy atom. The van der Waals surface area contributed by atoms with E-state index in [4.69, 9.17) is 10.7 Å². The summed E-state index contributed by atoms with van der Waals surface area (Å²) in [7, 11) is 1.33. The SMILES string of the molecule is CC(C)C1CCC(C(F)(F)F)CC1S(=O)(=O)Cl. The Balaban J connectivity index is 2.93. The number of hydrogen-bond donors (Lipinski definition) is 0. The molecule has 3 atom stereocenters. The fourth-order valence-electron chi connectivity index (χ4n) is 2.54. The van der Waals surface area contributed by atoms with Gasteiger partial charge in [-0.3, -0.25) is 0 Å². The molecule has 0 radical (unpaired) electrons. The van der Waals surface area contributed by atoms with E-state index in [2.05, 4.69) is 0 Å². The van der Waals surface area contributed by atoms with Crippen molar-refractivity contribution >= 4 is 19.7 Å². The van der Waals surface area contributed by atoms with Crippen LogP contribution in [0.4, 0.5) is 13.2 Å². The molecule has 0 aromatic heterocycles. The van der Waals surface area contributed by atoms with Gasteiger partial charge in [0.05, 0.1) is 11.2 Å². The van der Waals surface area contributed by atoms with Crippen molar-refractivity contribution in [1.82, 2.24) is 0 Å². The summed E-state index contributed by atoms with van der Waals surface area (Å²) in [6, 6.07) is 0. The van der Waals surface area contributed by atoms with Crippen LogP contribution >= 0.6 is 10.7 Å². The Hall–Kier alpha value is 0.0300. The first-order valence-electron chi connectivity index (χ1n) is 5.53. The lowest BCUT2D eigenvalue weighted by atomic mass is 9.76. The lowest BCUT2D eigenvalue weighted by Gasteiger charge is -2.37. The smallest absolute Gasteiger partial charge is 0.212 e. The highest BCUT2D eigenvalue weighted by Crippen LogP contribution is 2.44. The molecule has 0 aliphatic heterocycles. The summed E-state index contributed by atoms with van der Waals surface area (Å²) >= 11 is 0. The van der Waals surface area contributed by atoms with Gasteiger partial charge in [-0.05, 0) is 31.1 Å². The predicted molar refractivity (Wildman–Crippen MR) is 60.3 cm³/mol. The maximum atomic E-state index is 12.6. The molecule has 0 spiro atoms. The summed E-state index contributed by atoms with van der Waals surface area (Å²) in [6.45, 7) is 3.63. The zero-order chi connectivity index (χ0) is 13.4. The predicted octanol–water partition coefficient (Wildman–Crippen LogP) is 3.56. The minimum atomic E-state index is -4.33. The van der Waals surface area contributed by atoms with Gasteiger partial charge in [0.25, 0.3) is 0 Å². The number of alkyl halides is 3. The second kappa shape index (κ2) is 4.96. The zero-order valence-electron chi connectivity index (χ0n) is 9.67. The average molecular weight is 293 g/mol. The molecule has 7 heteroatoms. The Morgan fingerprint density at radius 3 is 2.12 bits per heavy atom. The van der Waals surface area contributed by atoms with E-state index in [-0.39, 0.29) is 24.7 Å². The quantitative estimate of drug-likeness (QED) is 0.729. The second-order valence-corrected chi connectivity index (χ2v) is 7.82. The highest BCUT2D eigenvalue weighted by Gasteiger charge is 2.48. The van der Waals surface area contributed by atoms with Crippen LogP contribution in [0.5, 0.6) is 0 Å². The van der Waals surface area contributed by atoms with Crippen molar-refractivity contribution < 1.29 is 21.6 Å². The summed E-state index contributed by atoms with van der Waals surface area (Å²) in [5.41, 5.74) is 0. The Labute approximate surface area is 104 Å². The molecule has 0 aromatic carbocycles. The van der Waals surface area contributed by atoms with E-state index in [0.29, 0.717) is 0 Å². The first-order valence-corrected chi connectivity index (χ1v) is 7.91. The molecule has 0 aromatic rings. The van der Waals surface area contributed by atoms with E-state index in [1.54, 1.807) is 0 Å². The topological polar surface area (TPSA) is 34.1 Å². The van der Waals surface area contributed by atoms with Crippen LogP contribution in [-0.4, -0.2) is 19.8 Å². The minimum absolute atomic E-state index is 0.00471. The zero-order valence-corrected chi connectivity index (χ0v) is 11.2. The van der Waals surface area contributed by atoms with Crippen LogP contribution in [0.15, 0.2) is 0 Å². The molecule has 2 nitrogen and oxygen atoms in total. The molecule has 0 amide bonds. The van der Waals surface area contributed by atoms with Gasteiger partial charge in [0.2, 0.25) is 9.05 Å². The average Bonchev–Trinajstić information content (AvgIpc) is 2.14. The third-order valence-electron chi connectivity index (χ3n) is 3.52. The maximum Gasteiger partial charge on any atom is 0.391 e. The summed E-state index contributed by atoms with van der Waals surface area (Å²) in [6.07, 6.45) is -4.48. The van der Waals surface area contributed by atoms with Gasteiger partial charge >= 0.3 is 6.18 Å². The van der Waals surface area contributed by atoms with E-state index in [1.165, 1.54) is 0 Å². The van der Waals surface area contributed by atoms with Crippen LogP contribution in [-0.2, 0) is 9.05 Å². The van der Waals surface area contributed by atoms with Crippen LogP contribution in [0.1, 0.15) is 33.1 Å². The highest BCUT2D eigenvalue weighted by atomic mass is 35.7. The summed E-state index contributed by atoms with van der Waals surface area (Å²) in [5.74, 6) is -1.81. The van der Waals surface area contributed by atoms with E-state index in [1.807, 2.05) is 13.8 Å². The normalized spacial score (nSPS) is 31.8. The van der Waals surface area contributed by atoms with Crippen molar-refractivity contribution in [3.05, 3.63) is 0 Å². The molecule has 0 N–H and O–H groups in total. The van der Waals surface area contributed by atoms with Crippen molar-refractivity contribution in [3.63, 3.8) is 0 Å². The van der Waals surface area contributed by atoms with Crippen molar-refractivity contribution in [2.75, 3.05) is 0 Å². The second-order valence-electron chi connectivity index (χ2n) is 4.97. The summed E-state index contributed by atoms with van der Waals surface area (Å²) < 4.78 is 60.5. The maximum absolute atomic E-state index is 12.6.